The Balaban J connectivity index is 2.64. The number of methoxy groups -OCH3 is 1. The Morgan fingerprint density at radius 1 is 1.57 bits per heavy atom. The van der Waals surface area contributed by atoms with Gasteiger partial charge in [-0.05, 0) is 24.1 Å². The van der Waals surface area contributed by atoms with Gasteiger partial charge in [-0.2, -0.15) is 0 Å². The van der Waals surface area contributed by atoms with Crippen molar-refractivity contribution in [1.82, 2.24) is 5.32 Å². The molecule has 0 saturated carbocycles. The summed E-state index contributed by atoms with van der Waals surface area (Å²) >= 11 is 0. The Bertz CT molecular complexity index is 315. The fourth-order valence-electron chi connectivity index (χ4n) is 1.14. The van der Waals surface area contributed by atoms with Gasteiger partial charge in [0.2, 0.25) is 6.41 Å². The van der Waals surface area contributed by atoms with Crippen LogP contribution in [0.4, 0.5) is 4.39 Å². The van der Waals surface area contributed by atoms with Crippen molar-refractivity contribution in [2.45, 2.75) is 6.42 Å². The van der Waals surface area contributed by atoms with Crippen LogP contribution in [0.2, 0.25) is 0 Å². The molecule has 14 heavy (non-hydrogen) atoms. The quantitative estimate of drug-likeness (QED) is 0.567. The van der Waals surface area contributed by atoms with Crippen molar-refractivity contribution >= 4 is 6.41 Å². The van der Waals surface area contributed by atoms with Crippen LogP contribution in [0.3, 0.4) is 0 Å². The summed E-state index contributed by atoms with van der Waals surface area (Å²) in [6.45, 7) is 0.540. The average molecular weight is 197 g/mol. The number of hydrogen-bond acceptors (Lipinski definition) is 2. The van der Waals surface area contributed by atoms with E-state index in [1.807, 2.05) is 0 Å². The zero-order valence-corrected chi connectivity index (χ0v) is 7.92. The fourth-order valence-corrected chi connectivity index (χ4v) is 1.14. The lowest BCUT2D eigenvalue weighted by Gasteiger charge is -2.05. The number of nitrogens with one attached hydrogen (secondary N) is 1. The first-order valence-corrected chi connectivity index (χ1v) is 4.27. The van der Waals surface area contributed by atoms with Crippen molar-refractivity contribution in [3.8, 4) is 5.75 Å². The minimum atomic E-state index is -0.375. The second-order valence-electron chi connectivity index (χ2n) is 2.79. The average Bonchev–Trinajstić information content (AvgIpc) is 2.21. The molecule has 0 spiro atoms. The van der Waals surface area contributed by atoms with E-state index in [-0.39, 0.29) is 11.6 Å². The number of benzene rings is 1. The van der Waals surface area contributed by atoms with E-state index in [1.54, 1.807) is 12.1 Å². The summed E-state index contributed by atoms with van der Waals surface area (Å²) in [5, 5.41) is 2.53. The van der Waals surface area contributed by atoms with Gasteiger partial charge in [0.25, 0.3) is 0 Å². The Kier molecular flexibility index (Phi) is 3.91. The molecule has 1 rings (SSSR count). The summed E-state index contributed by atoms with van der Waals surface area (Å²) in [5.74, 6) is -0.145. The third-order valence-electron chi connectivity index (χ3n) is 1.86. The van der Waals surface area contributed by atoms with Gasteiger partial charge in [-0.1, -0.05) is 6.07 Å². The van der Waals surface area contributed by atoms with Crippen molar-refractivity contribution in [1.29, 1.82) is 0 Å². The van der Waals surface area contributed by atoms with Crippen molar-refractivity contribution in [3.63, 3.8) is 0 Å². The molecule has 0 fully saturated rings. The van der Waals surface area contributed by atoms with Crippen LogP contribution in [0.5, 0.6) is 5.75 Å². The molecule has 3 nitrogen and oxygen atoms in total. The maximum Gasteiger partial charge on any atom is 0.207 e. The molecule has 1 aromatic carbocycles. The molecule has 1 N–H and O–H groups in total. The molecule has 0 aromatic heterocycles. The zero-order valence-electron chi connectivity index (χ0n) is 7.92. The van der Waals surface area contributed by atoms with E-state index in [2.05, 4.69) is 5.32 Å². The highest BCUT2D eigenvalue weighted by Crippen LogP contribution is 2.18. The minimum Gasteiger partial charge on any atom is -0.494 e. The number of amides is 1. The van der Waals surface area contributed by atoms with Crippen LogP contribution in [0.15, 0.2) is 18.2 Å². The second-order valence-corrected chi connectivity index (χ2v) is 2.79. The molecule has 0 bridgehead atoms. The van der Waals surface area contributed by atoms with E-state index >= 15 is 0 Å². The predicted octanol–water partition coefficient (Wildman–Crippen LogP) is 1.12. The van der Waals surface area contributed by atoms with Crippen LogP contribution in [-0.4, -0.2) is 20.1 Å². The highest BCUT2D eigenvalue weighted by Gasteiger charge is 2.02. The number of carbonyl (C=O) groups is 1. The third kappa shape index (κ3) is 2.73. The molecule has 76 valence electrons. The van der Waals surface area contributed by atoms with Gasteiger partial charge in [-0.3, -0.25) is 4.79 Å². The minimum absolute atomic E-state index is 0.230. The molecule has 0 saturated heterocycles. The molecule has 4 heteroatoms. The Morgan fingerprint density at radius 2 is 2.36 bits per heavy atom. The van der Waals surface area contributed by atoms with Crippen molar-refractivity contribution in [2.24, 2.45) is 0 Å². The largest absolute Gasteiger partial charge is 0.494 e. The molecule has 0 heterocycles. The maximum absolute atomic E-state index is 13.0. The van der Waals surface area contributed by atoms with E-state index in [0.717, 1.165) is 5.56 Å². The summed E-state index contributed by atoms with van der Waals surface area (Å²) in [6, 6.07) is 4.65. The van der Waals surface area contributed by atoms with Crippen LogP contribution in [-0.2, 0) is 11.2 Å². The number of ether oxygens (including phenoxy) is 1. The number of rotatable bonds is 5. The smallest absolute Gasteiger partial charge is 0.207 e. The van der Waals surface area contributed by atoms with Gasteiger partial charge in [0.1, 0.15) is 0 Å². The van der Waals surface area contributed by atoms with Gasteiger partial charge in [-0.15, -0.1) is 0 Å². The van der Waals surface area contributed by atoms with Crippen LogP contribution in [0.25, 0.3) is 0 Å². The van der Waals surface area contributed by atoms with Gasteiger partial charge in [0, 0.05) is 6.54 Å². The molecular formula is C10H12FNO2. The Morgan fingerprint density at radius 3 is 3.00 bits per heavy atom. The summed E-state index contributed by atoms with van der Waals surface area (Å²) in [7, 11) is 1.42. The van der Waals surface area contributed by atoms with Crippen LogP contribution < -0.4 is 10.1 Å². The van der Waals surface area contributed by atoms with Gasteiger partial charge in [0.15, 0.2) is 11.6 Å². The Hall–Kier alpha value is -1.58. The van der Waals surface area contributed by atoms with Crippen molar-refractivity contribution < 1.29 is 13.9 Å². The first-order chi connectivity index (χ1) is 6.77. The lowest BCUT2D eigenvalue weighted by atomic mass is 10.1. The first-order valence-electron chi connectivity index (χ1n) is 4.27. The molecule has 0 aliphatic rings. The molecule has 0 aliphatic carbocycles. The third-order valence-corrected chi connectivity index (χ3v) is 1.86. The molecular weight excluding hydrogens is 185 g/mol. The van der Waals surface area contributed by atoms with Gasteiger partial charge in [0.05, 0.1) is 7.11 Å². The lowest BCUT2D eigenvalue weighted by molar-refractivity contribution is -0.109. The van der Waals surface area contributed by atoms with Gasteiger partial charge >= 0.3 is 0 Å². The zero-order chi connectivity index (χ0) is 10.4. The summed E-state index contributed by atoms with van der Waals surface area (Å²) < 4.78 is 17.8. The van der Waals surface area contributed by atoms with Gasteiger partial charge < -0.3 is 10.1 Å². The van der Waals surface area contributed by atoms with Crippen molar-refractivity contribution in [2.75, 3.05) is 13.7 Å². The topological polar surface area (TPSA) is 38.3 Å². The molecule has 0 unspecified atom stereocenters. The molecule has 1 aromatic rings. The Labute approximate surface area is 81.9 Å². The monoisotopic (exact) mass is 197 g/mol. The van der Waals surface area contributed by atoms with E-state index in [0.29, 0.717) is 19.4 Å². The van der Waals surface area contributed by atoms with Crippen LogP contribution >= 0.6 is 0 Å². The predicted molar refractivity (Wildman–Crippen MR) is 50.7 cm³/mol. The maximum atomic E-state index is 13.0. The molecule has 1 amide bonds. The number of hydrogen-bond donors (Lipinski definition) is 1. The first kappa shape index (κ1) is 10.5. The van der Waals surface area contributed by atoms with Crippen molar-refractivity contribution in [3.05, 3.63) is 29.6 Å². The molecule has 0 aliphatic heterocycles. The standard InChI is InChI=1S/C10H12FNO2/c1-14-10-6-8(2-3-9(10)11)4-5-12-7-13/h2-3,6-7H,4-5H2,1H3,(H,12,13). The summed E-state index contributed by atoms with van der Waals surface area (Å²) in [5.41, 5.74) is 0.928. The second kappa shape index (κ2) is 5.21. The van der Waals surface area contributed by atoms with Gasteiger partial charge in [-0.25, -0.2) is 4.39 Å². The van der Waals surface area contributed by atoms with E-state index < -0.39 is 0 Å². The summed E-state index contributed by atoms with van der Waals surface area (Å²) in [4.78, 5) is 9.98. The van der Waals surface area contributed by atoms with Crippen LogP contribution in [0, 0.1) is 5.82 Å². The van der Waals surface area contributed by atoms with E-state index in [9.17, 15) is 9.18 Å². The fraction of sp³-hybridized carbons (Fsp3) is 0.300. The molecule has 0 atom stereocenters. The van der Waals surface area contributed by atoms with Crippen LogP contribution in [0.1, 0.15) is 5.56 Å². The highest BCUT2D eigenvalue weighted by atomic mass is 19.1. The van der Waals surface area contributed by atoms with E-state index in [4.69, 9.17) is 4.74 Å². The lowest BCUT2D eigenvalue weighted by Crippen LogP contribution is -2.14. The highest BCUT2D eigenvalue weighted by molar-refractivity contribution is 5.45. The SMILES string of the molecule is COc1cc(CCNC=O)ccc1F. The normalized spacial score (nSPS) is 9.57. The molecule has 0 radical (unpaired) electrons. The number of carbonyl (C=O) groups excluding carboxylic acids is 1. The number of halogens is 1. The summed E-state index contributed by atoms with van der Waals surface area (Å²) in [6.07, 6.45) is 1.30. The van der Waals surface area contributed by atoms with E-state index in [1.165, 1.54) is 13.2 Å².